The largest absolute Gasteiger partial charge is 0.299 e. The molecule has 0 atom stereocenters. The van der Waals surface area contributed by atoms with Gasteiger partial charge in [-0.15, -0.1) is 0 Å². The van der Waals surface area contributed by atoms with Crippen molar-refractivity contribution in [2.75, 3.05) is 13.1 Å². The second-order valence-electron chi connectivity index (χ2n) is 5.43. The normalized spacial score (nSPS) is 15.8. The van der Waals surface area contributed by atoms with E-state index in [9.17, 15) is 0 Å². The van der Waals surface area contributed by atoms with Crippen molar-refractivity contribution < 1.29 is 0 Å². The van der Waals surface area contributed by atoms with Gasteiger partial charge in [-0.3, -0.25) is 9.88 Å². The first-order valence-corrected chi connectivity index (χ1v) is 7.04. The molecule has 0 unspecified atom stereocenters. The molecule has 0 N–H and O–H groups in total. The molecular formula is C17H20N2. The van der Waals surface area contributed by atoms with Crippen LogP contribution < -0.4 is 0 Å². The molecule has 2 aromatic rings. The Labute approximate surface area is 115 Å². The van der Waals surface area contributed by atoms with Gasteiger partial charge in [-0.25, -0.2) is 0 Å². The quantitative estimate of drug-likeness (QED) is 0.829. The molecule has 2 nitrogen and oxygen atoms in total. The van der Waals surface area contributed by atoms with E-state index < -0.39 is 0 Å². The number of rotatable bonds is 3. The fourth-order valence-corrected chi connectivity index (χ4v) is 2.71. The van der Waals surface area contributed by atoms with Crippen molar-refractivity contribution in [3.05, 3.63) is 53.9 Å². The van der Waals surface area contributed by atoms with Crippen molar-refractivity contribution in [1.29, 1.82) is 0 Å². The molecular weight excluding hydrogens is 232 g/mol. The predicted molar refractivity (Wildman–Crippen MR) is 78.9 cm³/mol. The lowest BCUT2D eigenvalue weighted by molar-refractivity contribution is 0.331. The molecule has 0 spiro atoms. The summed E-state index contributed by atoms with van der Waals surface area (Å²) in [5.74, 6) is 0. The average molecular weight is 252 g/mol. The molecule has 2 heterocycles. The van der Waals surface area contributed by atoms with E-state index in [0.717, 1.165) is 6.54 Å². The molecule has 0 amide bonds. The molecule has 2 heteroatoms. The first-order chi connectivity index (χ1) is 9.31. The van der Waals surface area contributed by atoms with Gasteiger partial charge in [0, 0.05) is 24.5 Å². The minimum atomic E-state index is 1.09. The Kier molecular flexibility index (Phi) is 3.60. The van der Waals surface area contributed by atoms with Crippen LogP contribution in [-0.4, -0.2) is 23.0 Å². The minimum Gasteiger partial charge on any atom is -0.299 e. The monoisotopic (exact) mass is 252 g/mol. The molecule has 3 rings (SSSR count). The van der Waals surface area contributed by atoms with Gasteiger partial charge in [-0.2, -0.15) is 0 Å². The summed E-state index contributed by atoms with van der Waals surface area (Å²) >= 11 is 0. The molecule has 98 valence electrons. The van der Waals surface area contributed by atoms with E-state index in [1.165, 1.54) is 48.2 Å². The molecule has 1 saturated heterocycles. The third kappa shape index (κ3) is 3.02. The summed E-state index contributed by atoms with van der Waals surface area (Å²) in [7, 11) is 0. The van der Waals surface area contributed by atoms with Crippen molar-refractivity contribution in [3.63, 3.8) is 0 Å². The number of benzene rings is 1. The Morgan fingerprint density at radius 1 is 1.00 bits per heavy atom. The number of aromatic nitrogens is 1. The second kappa shape index (κ2) is 5.54. The zero-order valence-corrected chi connectivity index (χ0v) is 11.5. The van der Waals surface area contributed by atoms with Crippen LogP contribution in [0.4, 0.5) is 0 Å². The lowest BCUT2D eigenvalue weighted by Gasteiger charge is -2.14. The highest BCUT2D eigenvalue weighted by atomic mass is 15.1. The molecule has 1 aromatic carbocycles. The van der Waals surface area contributed by atoms with Crippen LogP contribution in [0.15, 0.2) is 42.7 Å². The fraction of sp³-hybridized carbons (Fsp3) is 0.353. The molecule has 1 aliphatic heterocycles. The van der Waals surface area contributed by atoms with Gasteiger partial charge in [0.05, 0.1) is 0 Å². The van der Waals surface area contributed by atoms with E-state index in [0.29, 0.717) is 0 Å². The van der Waals surface area contributed by atoms with E-state index in [2.05, 4.69) is 47.1 Å². The van der Waals surface area contributed by atoms with E-state index in [1.807, 2.05) is 12.4 Å². The van der Waals surface area contributed by atoms with Crippen molar-refractivity contribution >= 4 is 0 Å². The number of likely N-dealkylation sites (tertiary alicyclic amines) is 1. The zero-order chi connectivity index (χ0) is 13.1. The maximum Gasteiger partial charge on any atom is 0.0346 e. The SMILES string of the molecule is Cc1cncc(-c2ccc(CN3CCCC3)cc2)c1. The van der Waals surface area contributed by atoms with Gasteiger partial charge in [0.1, 0.15) is 0 Å². The van der Waals surface area contributed by atoms with Crippen LogP contribution in [0.25, 0.3) is 11.1 Å². The Morgan fingerprint density at radius 2 is 1.74 bits per heavy atom. The predicted octanol–water partition coefficient (Wildman–Crippen LogP) is 3.65. The van der Waals surface area contributed by atoms with Crippen LogP contribution in [0.5, 0.6) is 0 Å². The zero-order valence-electron chi connectivity index (χ0n) is 11.5. The average Bonchev–Trinajstić information content (AvgIpc) is 2.92. The van der Waals surface area contributed by atoms with Gasteiger partial charge in [-0.1, -0.05) is 24.3 Å². The molecule has 0 saturated carbocycles. The van der Waals surface area contributed by atoms with Crippen LogP contribution in [0.2, 0.25) is 0 Å². The highest BCUT2D eigenvalue weighted by molar-refractivity contribution is 5.63. The first kappa shape index (κ1) is 12.4. The summed E-state index contributed by atoms with van der Waals surface area (Å²) in [4.78, 5) is 6.79. The Balaban J connectivity index is 1.74. The maximum absolute atomic E-state index is 4.26. The summed E-state index contributed by atoms with van der Waals surface area (Å²) in [5, 5.41) is 0. The summed E-state index contributed by atoms with van der Waals surface area (Å²) < 4.78 is 0. The minimum absolute atomic E-state index is 1.09. The fourth-order valence-electron chi connectivity index (χ4n) is 2.71. The number of hydrogen-bond acceptors (Lipinski definition) is 2. The molecule has 1 aromatic heterocycles. The molecule has 19 heavy (non-hydrogen) atoms. The summed E-state index contributed by atoms with van der Waals surface area (Å²) in [6, 6.07) is 11.1. The molecule has 1 aliphatic rings. The molecule has 0 bridgehead atoms. The summed E-state index contributed by atoms with van der Waals surface area (Å²) in [5.41, 5.74) is 5.07. The van der Waals surface area contributed by atoms with E-state index in [-0.39, 0.29) is 0 Å². The van der Waals surface area contributed by atoms with Gasteiger partial charge < -0.3 is 0 Å². The summed E-state index contributed by atoms with van der Waals surface area (Å²) in [6.07, 6.45) is 6.54. The van der Waals surface area contributed by atoms with Gasteiger partial charge in [-0.05, 0) is 55.6 Å². The topological polar surface area (TPSA) is 16.1 Å². The standard InChI is InChI=1S/C17H20N2/c1-14-10-17(12-18-11-14)16-6-4-15(5-7-16)13-19-8-2-3-9-19/h4-7,10-12H,2-3,8-9,13H2,1H3. The van der Waals surface area contributed by atoms with E-state index in [1.54, 1.807) is 0 Å². The highest BCUT2D eigenvalue weighted by Gasteiger charge is 2.11. The van der Waals surface area contributed by atoms with E-state index >= 15 is 0 Å². The summed E-state index contributed by atoms with van der Waals surface area (Å²) in [6.45, 7) is 5.68. The molecule has 1 fully saturated rings. The second-order valence-corrected chi connectivity index (χ2v) is 5.43. The van der Waals surface area contributed by atoms with Gasteiger partial charge in [0.25, 0.3) is 0 Å². The van der Waals surface area contributed by atoms with Crippen LogP contribution in [0, 0.1) is 6.92 Å². The Bertz CT molecular complexity index is 539. The van der Waals surface area contributed by atoms with Crippen molar-refractivity contribution in [1.82, 2.24) is 9.88 Å². The van der Waals surface area contributed by atoms with E-state index in [4.69, 9.17) is 0 Å². The van der Waals surface area contributed by atoms with Crippen molar-refractivity contribution in [3.8, 4) is 11.1 Å². The number of pyridine rings is 1. The van der Waals surface area contributed by atoms with Crippen LogP contribution in [0.3, 0.4) is 0 Å². The lowest BCUT2D eigenvalue weighted by Crippen LogP contribution is -2.18. The lowest BCUT2D eigenvalue weighted by atomic mass is 10.0. The smallest absolute Gasteiger partial charge is 0.0346 e. The number of aryl methyl sites for hydroxylation is 1. The highest BCUT2D eigenvalue weighted by Crippen LogP contribution is 2.21. The maximum atomic E-state index is 4.26. The van der Waals surface area contributed by atoms with Gasteiger partial charge >= 0.3 is 0 Å². The van der Waals surface area contributed by atoms with Crippen LogP contribution in [-0.2, 0) is 6.54 Å². The Morgan fingerprint density at radius 3 is 2.42 bits per heavy atom. The van der Waals surface area contributed by atoms with Crippen molar-refractivity contribution in [2.45, 2.75) is 26.3 Å². The van der Waals surface area contributed by atoms with Gasteiger partial charge in [0.2, 0.25) is 0 Å². The first-order valence-electron chi connectivity index (χ1n) is 7.04. The third-order valence-electron chi connectivity index (χ3n) is 3.77. The molecule has 0 radical (unpaired) electrons. The van der Waals surface area contributed by atoms with Crippen molar-refractivity contribution in [2.24, 2.45) is 0 Å². The third-order valence-corrected chi connectivity index (χ3v) is 3.77. The van der Waals surface area contributed by atoms with Gasteiger partial charge in [0.15, 0.2) is 0 Å². The van der Waals surface area contributed by atoms with Crippen LogP contribution >= 0.6 is 0 Å². The number of hydrogen-bond donors (Lipinski definition) is 0. The molecule has 0 aliphatic carbocycles. The Hall–Kier alpha value is -1.67. The number of nitrogens with zero attached hydrogens (tertiary/aromatic N) is 2. The van der Waals surface area contributed by atoms with Crippen LogP contribution in [0.1, 0.15) is 24.0 Å².